The molecule has 2 fully saturated rings. The summed E-state index contributed by atoms with van der Waals surface area (Å²) < 4.78 is 10.9. The predicted octanol–water partition coefficient (Wildman–Crippen LogP) is 1.91. The molecule has 2 aromatic carbocycles. The van der Waals surface area contributed by atoms with Gasteiger partial charge in [-0.2, -0.15) is 5.26 Å². The monoisotopic (exact) mass is 533 g/mol. The molecule has 0 aliphatic carbocycles. The van der Waals surface area contributed by atoms with Gasteiger partial charge in [0.15, 0.2) is 6.29 Å². The standard InChI is InChI=1S/C29H31N3O7/c30-15-20(28(36)31-16-24-25(33)26(34)27(35)29(37)39-24)14-22-8-9-23(38-22)19-5-4-18-13-21(7-6-17(18)12-19)32-10-2-1-3-11-32/h4-9,12-14,24-27,29,33-35,37H,1-3,10-11,16H2,(H,31,36)/b20-14+/t24-,25-,26+,27-,29?/m1/s1. The van der Waals surface area contributed by atoms with Gasteiger partial charge in [0, 0.05) is 37.0 Å². The summed E-state index contributed by atoms with van der Waals surface area (Å²) >= 11 is 0. The molecule has 3 heterocycles. The number of benzene rings is 2. The zero-order valence-corrected chi connectivity index (χ0v) is 21.2. The Morgan fingerprint density at radius 1 is 0.974 bits per heavy atom. The van der Waals surface area contributed by atoms with E-state index in [4.69, 9.17) is 9.15 Å². The fraction of sp³-hybridized carbons (Fsp3) is 0.379. The van der Waals surface area contributed by atoms with E-state index in [-0.39, 0.29) is 12.1 Å². The molecule has 10 heteroatoms. The van der Waals surface area contributed by atoms with Crippen molar-refractivity contribution in [2.75, 3.05) is 24.5 Å². The summed E-state index contributed by atoms with van der Waals surface area (Å²) in [6, 6.07) is 17.8. The van der Waals surface area contributed by atoms with Crippen LogP contribution in [0, 0.1) is 11.3 Å². The lowest BCUT2D eigenvalue weighted by atomic mass is 9.99. The molecule has 3 aromatic rings. The number of carbonyl (C=O) groups is 1. The summed E-state index contributed by atoms with van der Waals surface area (Å²) in [4.78, 5) is 15.0. The highest BCUT2D eigenvalue weighted by Gasteiger charge is 2.43. The highest BCUT2D eigenvalue weighted by Crippen LogP contribution is 2.30. The molecule has 39 heavy (non-hydrogen) atoms. The van der Waals surface area contributed by atoms with E-state index in [9.17, 15) is 30.5 Å². The molecule has 0 radical (unpaired) electrons. The van der Waals surface area contributed by atoms with Crippen LogP contribution >= 0.6 is 0 Å². The van der Waals surface area contributed by atoms with Gasteiger partial charge in [0.25, 0.3) is 5.91 Å². The highest BCUT2D eigenvalue weighted by atomic mass is 16.6. The minimum absolute atomic E-state index is 0.244. The lowest BCUT2D eigenvalue weighted by molar-refractivity contribution is -0.280. The first-order valence-corrected chi connectivity index (χ1v) is 13.0. The Bertz CT molecular complexity index is 1410. The molecule has 2 saturated heterocycles. The van der Waals surface area contributed by atoms with E-state index in [1.54, 1.807) is 12.1 Å². The lowest BCUT2D eigenvalue weighted by Gasteiger charge is -2.38. The molecule has 0 bridgehead atoms. The number of hydrogen-bond acceptors (Lipinski definition) is 9. The Morgan fingerprint density at radius 2 is 1.72 bits per heavy atom. The van der Waals surface area contributed by atoms with E-state index in [1.807, 2.05) is 18.2 Å². The van der Waals surface area contributed by atoms with Gasteiger partial charge in [0.05, 0.1) is 0 Å². The van der Waals surface area contributed by atoms with Gasteiger partial charge in [-0.25, -0.2) is 0 Å². The third-order valence-electron chi connectivity index (χ3n) is 7.26. The van der Waals surface area contributed by atoms with Gasteiger partial charge in [-0.1, -0.05) is 18.2 Å². The second-order valence-electron chi connectivity index (χ2n) is 9.91. The smallest absolute Gasteiger partial charge is 0.262 e. The van der Waals surface area contributed by atoms with Crippen LogP contribution in [0.25, 0.3) is 28.2 Å². The van der Waals surface area contributed by atoms with E-state index in [0.717, 1.165) is 29.4 Å². The average Bonchev–Trinajstić information content (AvgIpc) is 3.44. The van der Waals surface area contributed by atoms with Crippen LogP contribution in [-0.2, 0) is 9.53 Å². The maximum atomic E-state index is 12.6. The number of anilines is 1. The lowest BCUT2D eigenvalue weighted by Crippen LogP contribution is -2.60. The van der Waals surface area contributed by atoms with E-state index >= 15 is 0 Å². The fourth-order valence-corrected chi connectivity index (χ4v) is 5.00. The van der Waals surface area contributed by atoms with Crippen LogP contribution in [0.15, 0.2) is 58.5 Å². The minimum atomic E-state index is -1.72. The number of nitriles is 1. The number of fused-ring (bicyclic) bond motifs is 1. The first-order valence-electron chi connectivity index (χ1n) is 13.0. The number of carbonyl (C=O) groups excluding carboxylic acids is 1. The van der Waals surface area contributed by atoms with Gasteiger partial charge in [-0.3, -0.25) is 4.79 Å². The van der Waals surface area contributed by atoms with Crippen molar-refractivity contribution < 1.29 is 34.4 Å². The second-order valence-corrected chi connectivity index (χ2v) is 9.91. The third kappa shape index (κ3) is 5.83. The number of aliphatic hydroxyl groups is 4. The summed E-state index contributed by atoms with van der Waals surface area (Å²) in [5.74, 6) is 0.137. The Kier molecular flexibility index (Phi) is 7.97. The maximum absolute atomic E-state index is 12.6. The number of rotatable bonds is 6. The van der Waals surface area contributed by atoms with Crippen molar-refractivity contribution in [1.82, 2.24) is 5.32 Å². The first kappa shape index (κ1) is 26.9. The summed E-state index contributed by atoms with van der Waals surface area (Å²) in [6.07, 6.45) is -2.72. The molecule has 1 amide bonds. The van der Waals surface area contributed by atoms with Crippen molar-refractivity contribution >= 4 is 28.4 Å². The first-order chi connectivity index (χ1) is 18.8. The van der Waals surface area contributed by atoms with Crippen LogP contribution in [-0.4, -0.2) is 76.7 Å². The summed E-state index contributed by atoms with van der Waals surface area (Å²) in [6.45, 7) is 1.86. The average molecular weight is 534 g/mol. The van der Waals surface area contributed by atoms with E-state index in [1.165, 1.54) is 31.0 Å². The molecular weight excluding hydrogens is 502 g/mol. The summed E-state index contributed by atoms with van der Waals surface area (Å²) in [7, 11) is 0. The predicted molar refractivity (Wildman–Crippen MR) is 143 cm³/mol. The van der Waals surface area contributed by atoms with Crippen LogP contribution in [0.4, 0.5) is 5.69 Å². The largest absolute Gasteiger partial charge is 0.457 e. The van der Waals surface area contributed by atoms with Gasteiger partial charge in [0.1, 0.15) is 47.6 Å². The van der Waals surface area contributed by atoms with Crippen molar-refractivity contribution in [1.29, 1.82) is 5.26 Å². The van der Waals surface area contributed by atoms with Crippen LogP contribution < -0.4 is 10.2 Å². The van der Waals surface area contributed by atoms with Gasteiger partial charge >= 0.3 is 0 Å². The molecule has 5 N–H and O–H groups in total. The van der Waals surface area contributed by atoms with Crippen LogP contribution in [0.5, 0.6) is 0 Å². The number of furan rings is 1. The van der Waals surface area contributed by atoms with Crippen molar-refractivity contribution in [3.63, 3.8) is 0 Å². The van der Waals surface area contributed by atoms with Gasteiger partial charge in [0.2, 0.25) is 0 Å². The molecule has 1 aromatic heterocycles. The summed E-state index contributed by atoms with van der Waals surface area (Å²) in [5.41, 5.74) is 1.85. The van der Waals surface area contributed by atoms with Crippen LogP contribution in [0.3, 0.4) is 0 Å². The molecule has 1 unspecified atom stereocenters. The zero-order valence-electron chi connectivity index (χ0n) is 21.2. The van der Waals surface area contributed by atoms with Crippen LogP contribution in [0.1, 0.15) is 25.0 Å². The molecule has 0 spiro atoms. The fourth-order valence-electron chi connectivity index (χ4n) is 5.00. The van der Waals surface area contributed by atoms with Crippen molar-refractivity contribution in [3.8, 4) is 17.4 Å². The Labute approximate surface area is 225 Å². The number of piperidine rings is 1. The van der Waals surface area contributed by atoms with Crippen molar-refractivity contribution in [2.24, 2.45) is 0 Å². The molecule has 2 aliphatic rings. The molecular formula is C29H31N3O7. The summed E-state index contributed by atoms with van der Waals surface area (Å²) in [5, 5.41) is 53.2. The van der Waals surface area contributed by atoms with E-state index < -0.39 is 36.6 Å². The second kappa shape index (κ2) is 11.6. The van der Waals surface area contributed by atoms with E-state index in [2.05, 4.69) is 34.5 Å². The quantitative estimate of drug-likeness (QED) is 0.236. The molecule has 10 nitrogen and oxygen atoms in total. The van der Waals surface area contributed by atoms with Crippen molar-refractivity contribution in [3.05, 3.63) is 59.9 Å². The Hall–Kier alpha value is -3.72. The Morgan fingerprint density at radius 3 is 2.49 bits per heavy atom. The number of amides is 1. The number of hydrogen-bond donors (Lipinski definition) is 5. The molecule has 0 saturated carbocycles. The van der Waals surface area contributed by atoms with Gasteiger partial charge < -0.3 is 39.8 Å². The molecule has 5 atom stereocenters. The molecule has 5 rings (SSSR count). The normalized spacial score (nSPS) is 25.9. The molecule has 204 valence electrons. The van der Waals surface area contributed by atoms with Crippen LogP contribution in [0.2, 0.25) is 0 Å². The SMILES string of the molecule is N#C/C(=C\c1ccc(-c2ccc3cc(N4CCCCC4)ccc3c2)o1)C(=O)NC[C@H]1OC(O)[C@H](O)[C@@H](O)[C@@H]1O. The topological polar surface area (TPSA) is 159 Å². The maximum Gasteiger partial charge on any atom is 0.262 e. The number of nitrogens with zero attached hydrogens (tertiary/aromatic N) is 2. The number of aliphatic hydroxyl groups excluding tert-OH is 4. The highest BCUT2D eigenvalue weighted by molar-refractivity contribution is 6.01. The Balaban J connectivity index is 1.26. The third-order valence-corrected chi connectivity index (χ3v) is 7.26. The van der Waals surface area contributed by atoms with Gasteiger partial charge in [-0.05, 0) is 60.4 Å². The zero-order chi connectivity index (χ0) is 27.5. The van der Waals surface area contributed by atoms with Crippen molar-refractivity contribution in [2.45, 2.75) is 50.0 Å². The number of nitrogens with one attached hydrogen (secondary N) is 1. The van der Waals surface area contributed by atoms with Gasteiger partial charge in [-0.15, -0.1) is 0 Å². The van der Waals surface area contributed by atoms with E-state index in [0.29, 0.717) is 11.5 Å². The number of ether oxygens (including phenoxy) is 1. The minimum Gasteiger partial charge on any atom is -0.457 e. The molecule has 2 aliphatic heterocycles.